The molecule has 0 saturated carbocycles. The van der Waals surface area contributed by atoms with Gasteiger partial charge in [-0.05, 0) is 42.7 Å². The van der Waals surface area contributed by atoms with Crippen LogP contribution in [0.1, 0.15) is 28.0 Å². The van der Waals surface area contributed by atoms with Gasteiger partial charge in [-0.25, -0.2) is 0 Å². The molecule has 3 saturated heterocycles. The summed E-state index contributed by atoms with van der Waals surface area (Å²) < 4.78 is 41.9. The maximum Gasteiger partial charge on any atom is 0.573 e. The summed E-state index contributed by atoms with van der Waals surface area (Å²) in [6.45, 7) is 1.36. The molecule has 0 spiro atoms. The highest BCUT2D eigenvalue weighted by atomic mass is 19.4. The number of amides is 1. The largest absolute Gasteiger partial charge is 0.573 e. The van der Waals surface area contributed by atoms with E-state index < -0.39 is 6.36 Å². The molecule has 1 aromatic heterocycles. The number of para-hydroxylation sites is 1. The highest BCUT2D eigenvalue weighted by molar-refractivity contribution is 5.99. The Kier molecular flexibility index (Phi) is 4.59. The zero-order chi connectivity index (χ0) is 21.6. The summed E-state index contributed by atoms with van der Waals surface area (Å²) in [5.41, 5.74) is 1.64. The summed E-state index contributed by atoms with van der Waals surface area (Å²) in [6, 6.07) is 11.6. The monoisotopic (exact) mass is 426 g/mol. The lowest BCUT2D eigenvalue weighted by Gasteiger charge is -2.48. The minimum atomic E-state index is -4.81. The second kappa shape index (κ2) is 7.32. The summed E-state index contributed by atoms with van der Waals surface area (Å²) in [5.74, 6) is 5.06. The molecule has 3 aliphatic rings. The Morgan fingerprint density at radius 1 is 1.13 bits per heavy atom. The number of benzene rings is 2. The normalized spacial score (nSPS) is 20.0. The van der Waals surface area contributed by atoms with E-state index in [1.807, 2.05) is 4.90 Å². The number of alkyl halides is 3. The number of halogens is 3. The number of hydrogen-bond acceptors (Lipinski definition) is 4. The molecular formula is C22H17F3N4O2. The number of carbonyl (C=O) groups excluding carboxylic acids is 1. The number of nitrogens with one attached hydrogen (secondary N) is 2. The van der Waals surface area contributed by atoms with Crippen LogP contribution in [0.15, 0.2) is 42.5 Å². The zero-order valence-electron chi connectivity index (χ0n) is 16.2. The molecule has 6 nitrogen and oxygen atoms in total. The predicted octanol–water partition coefficient (Wildman–Crippen LogP) is 3.05. The average molecular weight is 426 g/mol. The summed E-state index contributed by atoms with van der Waals surface area (Å²) in [7, 11) is 0. The van der Waals surface area contributed by atoms with E-state index in [0.717, 1.165) is 6.42 Å². The minimum Gasteiger partial charge on any atom is -0.404 e. The molecule has 2 atom stereocenters. The van der Waals surface area contributed by atoms with Gasteiger partial charge in [0.1, 0.15) is 11.4 Å². The summed E-state index contributed by atoms with van der Waals surface area (Å²) in [4.78, 5) is 14.7. The van der Waals surface area contributed by atoms with Crippen LogP contribution in [0.4, 0.5) is 13.2 Å². The van der Waals surface area contributed by atoms with E-state index in [0.29, 0.717) is 47.3 Å². The molecule has 0 radical (unpaired) electrons. The van der Waals surface area contributed by atoms with Gasteiger partial charge in [0.05, 0.1) is 11.1 Å². The molecule has 2 N–H and O–H groups in total. The highest BCUT2D eigenvalue weighted by Crippen LogP contribution is 2.26. The molecule has 0 aliphatic carbocycles. The first-order chi connectivity index (χ1) is 14.9. The van der Waals surface area contributed by atoms with Crippen LogP contribution in [0.3, 0.4) is 0 Å². The molecule has 158 valence electrons. The Labute approximate surface area is 175 Å². The van der Waals surface area contributed by atoms with Gasteiger partial charge in [0.25, 0.3) is 5.91 Å². The van der Waals surface area contributed by atoms with Crippen molar-refractivity contribution < 1.29 is 22.7 Å². The molecule has 6 rings (SSSR count). The lowest BCUT2D eigenvalue weighted by atomic mass is 9.91. The van der Waals surface area contributed by atoms with Crippen molar-refractivity contribution in [1.29, 1.82) is 0 Å². The van der Waals surface area contributed by atoms with Crippen LogP contribution < -0.4 is 10.1 Å². The minimum absolute atomic E-state index is 0.0536. The summed E-state index contributed by atoms with van der Waals surface area (Å²) >= 11 is 0. The molecule has 2 bridgehead atoms. The van der Waals surface area contributed by atoms with Gasteiger partial charge in [0.15, 0.2) is 0 Å². The predicted molar refractivity (Wildman–Crippen MR) is 106 cm³/mol. The number of rotatable bonds is 2. The molecule has 1 amide bonds. The fraction of sp³-hybridized carbons (Fsp3) is 0.273. The number of aromatic amines is 1. The lowest BCUT2D eigenvalue weighted by Crippen LogP contribution is -2.67. The Hall–Kier alpha value is -3.51. The average Bonchev–Trinajstić information content (AvgIpc) is 3.13. The van der Waals surface area contributed by atoms with E-state index in [4.69, 9.17) is 0 Å². The fourth-order valence-electron chi connectivity index (χ4n) is 4.01. The maximum atomic E-state index is 12.9. The Balaban J connectivity index is 1.43. The molecule has 3 aliphatic heterocycles. The molecule has 31 heavy (non-hydrogen) atoms. The van der Waals surface area contributed by atoms with Gasteiger partial charge in [0.2, 0.25) is 0 Å². The molecule has 3 fully saturated rings. The fourth-order valence-corrected chi connectivity index (χ4v) is 4.01. The Bertz CT molecular complexity index is 1210. The van der Waals surface area contributed by atoms with Crippen molar-refractivity contribution >= 4 is 16.8 Å². The van der Waals surface area contributed by atoms with Gasteiger partial charge in [-0.1, -0.05) is 18.1 Å². The van der Waals surface area contributed by atoms with E-state index in [1.165, 1.54) is 18.2 Å². The number of aromatic nitrogens is 2. The number of hydrogen-bond donors (Lipinski definition) is 2. The van der Waals surface area contributed by atoms with Crippen LogP contribution in [-0.4, -0.2) is 52.5 Å². The molecule has 4 heterocycles. The van der Waals surface area contributed by atoms with E-state index in [2.05, 4.69) is 32.1 Å². The topological polar surface area (TPSA) is 70.2 Å². The number of carbonyl (C=O) groups is 1. The van der Waals surface area contributed by atoms with E-state index in [9.17, 15) is 18.0 Å². The molecule has 3 aromatic rings. The van der Waals surface area contributed by atoms with Crippen molar-refractivity contribution in [3.63, 3.8) is 0 Å². The molecule has 2 aromatic carbocycles. The van der Waals surface area contributed by atoms with Crippen LogP contribution in [0.25, 0.3) is 10.9 Å². The SMILES string of the molecule is O=C(c1ccc2[nH]nc(C#Cc3ccccc3OC(F)(F)F)c2c1)N1CC2CC(C1)N2. The van der Waals surface area contributed by atoms with Crippen LogP contribution in [-0.2, 0) is 0 Å². The van der Waals surface area contributed by atoms with Gasteiger partial charge < -0.3 is 15.0 Å². The number of piperazine rings is 1. The van der Waals surface area contributed by atoms with Gasteiger partial charge in [-0.15, -0.1) is 13.2 Å². The third kappa shape index (κ3) is 3.94. The number of piperidine rings is 1. The standard InChI is InChI=1S/C22H17F3N4O2/c23-22(24,25)31-20-4-2-1-3-13(20)5-7-18-17-9-14(6-8-19(17)28-27-18)21(30)29-11-15-10-16(12-29)26-15/h1-4,6,8-9,15-16,26H,10-12H2,(H,27,28). The Morgan fingerprint density at radius 3 is 2.61 bits per heavy atom. The first-order valence-corrected chi connectivity index (χ1v) is 9.76. The highest BCUT2D eigenvalue weighted by Gasteiger charge is 2.38. The molecule has 2 unspecified atom stereocenters. The van der Waals surface area contributed by atoms with Crippen LogP contribution in [0.5, 0.6) is 5.75 Å². The van der Waals surface area contributed by atoms with Gasteiger partial charge in [-0.3, -0.25) is 9.89 Å². The number of ether oxygens (including phenoxy) is 1. The number of H-pyrrole nitrogens is 1. The van der Waals surface area contributed by atoms with Crippen molar-refractivity contribution in [1.82, 2.24) is 20.4 Å². The van der Waals surface area contributed by atoms with Crippen LogP contribution >= 0.6 is 0 Å². The van der Waals surface area contributed by atoms with Gasteiger partial charge in [0, 0.05) is 36.1 Å². The van der Waals surface area contributed by atoms with Crippen LogP contribution in [0.2, 0.25) is 0 Å². The summed E-state index contributed by atoms with van der Waals surface area (Å²) in [5, 5.41) is 11.0. The van der Waals surface area contributed by atoms with Gasteiger partial charge >= 0.3 is 6.36 Å². The second-order valence-corrected chi connectivity index (χ2v) is 7.63. The van der Waals surface area contributed by atoms with Crippen molar-refractivity contribution in [2.24, 2.45) is 0 Å². The van der Waals surface area contributed by atoms with Gasteiger partial charge in [-0.2, -0.15) is 5.10 Å². The van der Waals surface area contributed by atoms with E-state index in [-0.39, 0.29) is 17.2 Å². The smallest absolute Gasteiger partial charge is 0.404 e. The van der Waals surface area contributed by atoms with E-state index in [1.54, 1.807) is 24.3 Å². The Morgan fingerprint density at radius 2 is 1.87 bits per heavy atom. The molecule has 9 heteroatoms. The van der Waals surface area contributed by atoms with Crippen LogP contribution in [0, 0.1) is 11.8 Å². The third-order valence-electron chi connectivity index (χ3n) is 5.45. The number of fused-ring (bicyclic) bond motifs is 3. The van der Waals surface area contributed by atoms with E-state index >= 15 is 0 Å². The summed E-state index contributed by atoms with van der Waals surface area (Å²) in [6.07, 6.45) is -3.71. The quantitative estimate of drug-likeness (QED) is 0.618. The second-order valence-electron chi connectivity index (χ2n) is 7.63. The van der Waals surface area contributed by atoms with Crippen molar-refractivity contribution in [2.45, 2.75) is 24.9 Å². The van der Waals surface area contributed by atoms with Crippen molar-refractivity contribution in [2.75, 3.05) is 13.1 Å². The third-order valence-corrected chi connectivity index (χ3v) is 5.45. The molecular weight excluding hydrogens is 409 g/mol. The lowest BCUT2D eigenvalue weighted by molar-refractivity contribution is -0.274. The zero-order valence-corrected chi connectivity index (χ0v) is 16.2. The number of nitrogens with zero attached hydrogens (tertiary/aromatic N) is 2. The van der Waals surface area contributed by atoms with Crippen molar-refractivity contribution in [3.05, 3.63) is 59.3 Å². The first kappa shape index (κ1) is 19.5. The maximum absolute atomic E-state index is 12.9. The first-order valence-electron chi connectivity index (χ1n) is 9.76. The van der Waals surface area contributed by atoms with Crippen molar-refractivity contribution in [3.8, 4) is 17.6 Å².